The minimum atomic E-state index is -3.14. The molecular formula is C18H27N3O4S. The van der Waals surface area contributed by atoms with Crippen molar-refractivity contribution in [3.8, 4) is 5.88 Å². The molecule has 1 aromatic heterocycles. The van der Waals surface area contributed by atoms with E-state index in [1.54, 1.807) is 30.5 Å². The molecule has 2 aliphatic rings. The Morgan fingerprint density at radius 3 is 2.46 bits per heavy atom. The number of ether oxygens (including phenoxy) is 1. The van der Waals surface area contributed by atoms with E-state index in [0.29, 0.717) is 43.3 Å². The molecule has 0 radical (unpaired) electrons. The van der Waals surface area contributed by atoms with Crippen molar-refractivity contribution in [2.24, 2.45) is 5.92 Å². The highest BCUT2D eigenvalue weighted by Gasteiger charge is 2.31. The van der Waals surface area contributed by atoms with Crippen LogP contribution in [-0.2, 0) is 10.0 Å². The first kappa shape index (κ1) is 19.1. The molecule has 8 heteroatoms. The number of hydrogen-bond donors (Lipinski definition) is 0. The molecule has 3 rings (SSSR count). The van der Waals surface area contributed by atoms with Crippen molar-refractivity contribution in [3.63, 3.8) is 0 Å². The highest BCUT2D eigenvalue weighted by Crippen LogP contribution is 2.33. The van der Waals surface area contributed by atoms with E-state index in [-0.39, 0.29) is 17.8 Å². The van der Waals surface area contributed by atoms with Gasteiger partial charge in [-0.3, -0.25) is 4.79 Å². The van der Waals surface area contributed by atoms with Crippen molar-refractivity contribution >= 4 is 15.9 Å². The van der Waals surface area contributed by atoms with Gasteiger partial charge in [-0.25, -0.2) is 17.7 Å². The predicted molar refractivity (Wildman–Crippen MR) is 98.6 cm³/mol. The molecule has 0 atom stereocenters. The molecule has 1 aromatic rings. The van der Waals surface area contributed by atoms with Gasteiger partial charge in [0.05, 0.1) is 11.3 Å². The van der Waals surface area contributed by atoms with Gasteiger partial charge in [0, 0.05) is 39.4 Å². The second kappa shape index (κ2) is 7.92. The predicted octanol–water partition coefficient (Wildman–Crippen LogP) is 1.76. The van der Waals surface area contributed by atoms with Gasteiger partial charge < -0.3 is 9.64 Å². The van der Waals surface area contributed by atoms with Crippen LogP contribution in [-0.4, -0.2) is 67.6 Å². The molecule has 144 valence electrons. The Morgan fingerprint density at radius 2 is 1.92 bits per heavy atom. The van der Waals surface area contributed by atoms with Gasteiger partial charge in [0.1, 0.15) is 6.10 Å². The fourth-order valence-electron chi connectivity index (χ4n) is 3.08. The van der Waals surface area contributed by atoms with Crippen molar-refractivity contribution in [3.05, 3.63) is 23.9 Å². The monoisotopic (exact) mass is 381 g/mol. The second-order valence-electron chi connectivity index (χ2n) is 7.35. The largest absolute Gasteiger partial charge is 0.474 e. The van der Waals surface area contributed by atoms with Crippen LogP contribution >= 0.6 is 0 Å². The van der Waals surface area contributed by atoms with E-state index in [9.17, 15) is 13.2 Å². The fraction of sp³-hybridized carbons (Fsp3) is 0.667. The minimum Gasteiger partial charge on any atom is -0.474 e. The summed E-state index contributed by atoms with van der Waals surface area (Å²) in [5, 5.41) is 0. The number of pyridine rings is 1. The number of carbonyl (C=O) groups excluding carboxylic acids is 1. The van der Waals surface area contributed by atoms with Gasteiger partial charge >= 0.3 is 0 Å². The molecule has 0 aromatic carbocycles. The lowest BCUT2D eigenvalue weighted by molar-refractivity contribution is 0.0827. The molecule has 2 fully saturated rings. The Bertz CT molecular complexity index is 721. The van der Waals surface area contributed by atoms with Gasteiger partial charge in [-0.1, -0.05) is 12.8 Å². The SMILES string of the molecule is CN(C)C(=O)c1ccc(OC2CCN(S(=O)(=O)CCC3CC3)CC2)nc1. The molecule has 1 saturated heterocycles. The maximum atomic E-state index is 12.4. The summed E-state index contributed by atoms with van der Waals surface area (Å²) < 4.78 is 32.2. The summed E-state index contributed by atoms with van der Waals surface area (Å²) in [5.41, 5.74) is 0.513. The zero-order valence-corrected chi connectivity index (χ0v) is 16.2. The minimum absolute atomic E-state index is 0.0483. The van der Waals surface area contributed by atoms with Crippen LogP contribution < -0.4 is 4.74 Å². The van der Waals surface area contributed by atoms with Crippen LogP contribution in [0.1, 0.15) is 42.5 Å². The third kappa shape index (κ3) is 4.94. The van der Waals surface area contributed by atoms with Crippen molar-refractivity contribution in [2.75, 3.05) is 32.9 Å². The van der Waals surface area contributed by atoms with E-state index in [1.165, 1.54) is 23.9 Å². The van der Waals surface area contributed by atoms with Crippen molar-refractivity contribution < 1.29 is 17.9 Å². The standard InChI is InChI=1S/C18H27N3O4S/c1-20(2)18(22)15-5-6-17(19-13-15)25-16-7-10-21(11-8-16)26(23,24)12-9-14-3-4-14/h5-6,13-14,16H,3-4,7-12H2,1-2H3. The molecule has 26 heavy (non-hydrogen) atoms. The fourth-order valence-corrected chi connectivity index (χ4v) is 4.74. The molecule has 0 unspecified atom stereocenters. The zero-order chi connectivity index (χ0) is 18.7. The average molecular weight is 381 g/mol. The normalized spacial score (nSPS) is 19.3. The lowest BCUT2D eigenvalue weighted by Crippen LogP contribution is -2.42. The third-order valence-electron chi connectivity index (χ3n) is 4.95. The summed E-state index contributed by atoms with van der Waals surface area (Å²) in [4.78, 5) is 17.6. The number of amides is 1. The first-order valence-corrected chi connectivity index (χ1v) is 10.8. The highest BCUT2D eigenvalue weighted by atomic mass is 32.2. The van der Waals surface area contributed by atoms with E-state index in [4.69, 9.17) is 4.74 Å². The van der Waals surface area contributed by atoms with Gasteiger partial charge in [-0.05, 0) is 31.2 Å². The number of hydrogen-bond acceptors (Lipinski definition) is 5. The summed E-state index contributed by atoms with van der Waals surface area (Å²) in [7, 11) is 0.249. The molecule has 0 spiro atoms. The summed E-state index contributed by atoms with van der Waals surface area (Å²) in [5.74, 6) is 1.26. The van der Waals surface area contributed by atoms with E-state index < -0.39 is 10.0 Å². The zero-order valence-electron chi connectivity index (χ0n) is 15.4. The summed E-state index contributed by atoms with van der Waals surface area (Å²) in [6.07, 6.45) is 5.92. The third-order valence-corrected chi connectivity index (χ3v) is 6.86. The molecular weight excluding hydrogens is 354 g/mol. The number of carbonyl (C=O) groups is 1. The van der Waals surface area contributed by atoms with Crippen molar-refractivity contribution in [2.45, 2.75) is 38.2 Å². The summed E-state index contributed by atoms with van der Waals surface area (Å²) in [6.45, 7) is 0.990. The molecule has 1 saturated carbocycles. The van der Waals surface area contributed by atoms with Gasteiger partial charge in [0.2, 0.25) is 15.9 Å². The maximum absolute atomic E-state index is 12.4. The van der Waals surface area contributed by atoms with Crippen LogP contribution in [0.5, 0.6) is 5.88 Å². The number of rotatable bonds is 7. The van der Waals surface area contributed by atoms with Crippen LogP contribution in [0.25, 0.3) is 0 Å². The van der Waals surface area contributed by atoms with Crippen LogP contribution in [0.15, 0.2) is 18.3 Å². The smallest absolute Gasteiger partial charge is 0.254 e. The lowest BCUT2D eigenvalue weighted by atomic mass is 10.1. The number of aromatic nitrogens is 1. The Labute approximate surface area is 155 Å². The first-order chi connectivity index (χ1) is 12.3. The molecule has 2 heterocycles. The van der Waals surface area contributed by atoms with Crippen LogP contribution in [0.4, 0.5) is 0 Å². The van der Waals surface area contributed by atoms with Gasteiger partial charge in [-0.2, -0.15) is 0 Å². The Hall–Kier alpha value is -1.67. The van der Waals surface area contributed by atoms with Crippen molar-refractivity contribution in [1.82, 2.24) is 14.2 Å². The molecule has 0 bridgehead atoms. The van der Waals surface area contributed by atoms with E-state index >= 15 is 0 Å². The van der Waals surface area contributed by atoms with Crippen LogP contribution in [0.2, 0.25) is 0 Å². The molecule has 1 aliphatic carbocycles. The highest BCUT2D eigenvalue weighted by molar-refractivity contribution is 7.89. The van der Waals surface area contributed by atoms with Gasteiger partial charge in [-0.15, -0.1) is 0 Å². The van der Waals surface area contributed by atoms with E-state index in [0.717, 1.165) is 6.42 Å². The van der Waals surface area contributed by atoms with E-state index in [2.05, 4.69) is 4.98 Å². The maximum Gasteiger partial charge on any atom is 0.254 e. The molecule has 7 nitrogen and oxygen atoms in total. The van der Waals surface area contributed by atoms with Gasteiger partial charge in [0.25, 0.3) is 5.91 Å². The first-order valence-electron chi connectivity index (χ1n) is 9.17. The Kier molecular flexibility index (Phi) is 5.82. The van der Waals surface area contributed by atoms with Gasteiger partial charge in [0.15, 0.2) is 0 Å². The Morgan fingerprint density at radius 1 is 1.23 bits per heavy atom. The molecule has 1 amide bonds. The lowest BCUT2D eigenvalue weighted by Gasteiger charge is -2.31. The number of nitrogens with zero attached hydrogens (tertiary/aromatic N) is 3. The quantitative estimate of drug-likeness (QED) is 0.719. The Balaban J connectivity index is 1.48. The number of sulfonamides is 1. The summed E-state index contributed by atoms with van der Waals surface area (Å²) >= 11 is 0. The second-order valence-corrected chi connectivity index (χ2v) is 9.44. The topological polar surface area (TPSA) is 79.8 Å². The molecule has 1 aliphatic heterocycles. The van der Waals surface area contributed by atoms with Crippen molar-refractivity contribution in [1.29, 1.82) is 0 Å². The molecule has 0 N–H and O–H groups in total. The average Bonchev–Trinajstić information content (AvgIpc) is 3.45. The number of piperidine rings is 1. The van der Waals surface area contributed by atoms with Crippen LogP contribution in [0.3, 0.4) is 0 Å². The summed E-state index contributed by atoms with van der Waals surface area (Å²) in [6, 6.07) is 3.39. The van der Waals surface area contributed by atoms with Crippen LogP contribution in [0, 0.1) is 5.92 Å². The van der Waals surface area contributed by atoms with E-state index in [1.807, 2.05) is 0 Å².